The van der Waals surface area contributed by atoms with Crippen molar-refractivity contribution in [1.82, 2.24) is 15.1 Å². The number of hydrogen-bond acceptors (Lipinski definition) is 6. The average molecular weight is 539 g/mol. The third-order valence-corrected chi connectivity index (χ3v) is 6.65. The second kappa shape index (κ2) is 13.5. The Hall–Kier alpha value is -3.56. The summed E-state index contributed by atoms with van der Waals surface area (Å²) in [5.74, 6) is -1.83. The van der Waals surface area contributed by atoms with E-state index in [2.05, 4.69) is 24.3 Å². The molecule has 8 nitrogen and oxygen atoms in total. The first kappa shape index (κ1) is 30.0. The summed E-state index contributed by atoms with van der Waals surface area (Å²) in [7, 11) is 0. The van der Waals surface area contributed by atoms with Crippen LogP contribution < -0.4 is 10.4 Å². The van der Waals surface area contributed by atoms with Crippen LogP contribution in [0.25, 0.3) is 5.69 Å². The highest BCUT2D eigenvalue weighted by Crippen LogP contribution is 2.28. The lowest BCUT2D eigenvalue weighted by molar-refractivity contribution is -0.307. The van der Waals surface area contributed by atoms with Crippen molar-refractivity contribution in [1.29, 1.82) is 0 Å². The molecule has 1 amide bonds. The van der Waals surface area contributed by atoms with Crippen molar-refractivity contribution in [2.75, 3.05) is 0 Å². The van der Waals surface area contributed by atoms with E-state index in [1.165, 1.54) is 17.7 Å². The number of carboxylic acid groups (broad SMARTS) is 1. The summed E-state index contributed by atoms with van der Waals surface area (Å²) in [6, 6.07) is 13.8. The highest BCUT2D eigenvalue weighted by molar-refractivity contribution is 5.94. The molecule has 0 saturated carbocycles. The Kier molecular flexibility index (Phi) is 10.4. The first-order valence-corrected chi connectivity index (χ1v) is 13.3. The SMILES string of the molecule is CC(C)c1ccc(CNC(=O)c2nn(-c3ccc(F)cc3)c(CC[C@@H](O)C[C@@H](O)CC(=O)[O-])c2C(C)C)cc1. The first-order chi connectivity index (χ1) is 18.5. The predicted octanol–water partition coefficient (Wildman–Crippen LogP) is 3.37. The van der Waals surface area contributed by atoms with E-state index in [1.807, 2.05) is 38.1 Å². The Morgan fingerprint density at radius 2 is 1.62 bits per heavy atom. The van der Waals surface area contributed by atoms with Gasteiger partial charge in [0.05, 0.1) is 17.9 Å². The van der Waals surface area contributed by atoms with Crippen LogP contribution >= 0.6 is 0 Å². The molecule has 3 N–H and O–H groups in total. The molecule has 210 valence electrons. The van der Waals surface area contributed by atoms with Crippen LogP contribution in [0.3, 0.4) is 0 Å². The molecule has 2 aromatic carbocycles. The summed E-state index contributed by atoms with van der Waals surface area (Å²) in [6.45, 7) is 8.44. The van der Waals surface area contributed by atoms with E-state index >= 15 is 0 Å². The summed E-state index contributed by atoms with van der Waals surface area (Å²) in [4.78, 5) is 24.1. The molecule has 39 heavy (non-hydrogen) atoms. The van der Waals surface area contributed by atoms with Gasteiger partial charge in [0, 0.05) is 30.2 Å². The number of benzene rings is 2. The number of aromatic nitrogens is 2. The molecular weight excluding hydrogens is 501 g/mol. The minimum absolute atomic E-state index is 0.0962. The van der Waals surface area contributed by atoms with E-state index in [0.29, 0.717) is 35.8 Å². The number of nitrogens with zero attached hydrogens (tertiary/aromatic N) is 2. The number of hydrogen-bond donors (Lipinski definition) is 3. The molecule has 3 rings (SSSR count). The summed E-state index contributed by atoms with van der Waals surface area (Å²) in [5, 5.41) is 38.7. The lowest BCUT2D eigenvalue weighted by atomic mass is 9.95. The van der Waals surface area contributed by atoms with Gasteiger partial charge in [-0.25, -0.2) is 9.07 Å². The largest absolute Gasteiger partial charge is 0.550 e. The van der Waals surface area contributed by atoms with Crippen LogP contribution in [0.5, 0.6) is 0 Å². The van der Waals surface area contributed by atoms with Crippen LogP contribution in [-0.4, -0.2) is 44.1 Å². The van der Waals surface area contributed by atoms with Crippen molar-refractivity contribution < 1.29 is 29.3 Å². The maximum Gasteiger partial charge on any atom is 0.272 e. The maximum atomic E-state index is 13.6. The molecule has 0 saturated heterocycles. The monoisotopic (exact) mass is 538 g/mol. The summed E-state index contributed by atoms with van der Waals surface area (Å²) < 4.78 is 15.2. The molecule has 0 aliphatic carbocycles. The summed E-state index contributed by atoms with van der Waals surface area (Å²) in [5.41, 5.74) is 4.35. The molecule has 0 bridgehead atoms. The molecule has 2 atom stereocenters. The van der Waals surface area contributed by atoms with Gasteiger partial charge < -0.3 is 25.4 Å². The maximum absolute atomic E-state index is 13.6. The van der Waals surface area contributed by atoms with Crippen molar-refractivity contribution in [3.63, 3.8) is 0 Å². The smallest absolute Gasteiger partial charge is 0.272 e. The quantitative estimate of drug-likeness (QED) is 0.306. The van der Waals surface area contributed by atoms with Gasteiger partial charge in [0.25, 0.3) is 5.91 Å². The molecule has 0 radical (unpaired) electrons. The Balaban J connectivity index is 1.88. The number of carboxylic acids is 1. The molecule has 3 aromatic rings. The van der Waals surface area contributed by atoms with E-state index in [1.54, 1.807) is 16.8 Å². The lowest BCUT2D eigenvalue weighted by Crippen LogP contribution is -2.29. The number of nitrogens with one attached hydrogen (secondary N) is 1. The van der Waals surface area contributed by atoms with Gasteiger partial charge in [-0.2, -0.15) is 5.10 Å². The van der Waals surface area contributed by atoms with Crippen LogP contribution in [-0.2, 0) is 17.8 Å². The zero-order valence-electron chi connectivity index (χ0n) is 22.9. The fraction of sp³-hybridized carbons (Fsp3) is 0.433. The van der Waals surface area contributed by atoms with E-state index in [4.69, 9.17) is 0 Å². The first-order valence-electron chi connectivity index (χ1n) is 13.3. The number of aliphatic hydroxyl groups is 2. The number of amides is 1. The third-order valence-electron chi connectivity index (χ3n) is 6.65. The molecular formula is C30H37FN3O5-. The molecule has 0 unspecified atom stereocenters. The predicted molar refractivity (Wildman–Crippen MR) is 144 cm³/mol. The van der Waals surface area contributed by atoms with Crippen LogP contribution in [0, 0.1) is 5.82 Å². The number of halogens is 1. The number of aliphatic hydroxyl groups excluding tert-OH is 2. The fourth-order valence-corrected chi connectivity index (χ4v) is 4.57. The Morgan fingerprint density at radius 1 is 0.974 bits per heavy atom. The van der Waals surface area contributed by atoms with Gasteiger partial charge in [0.1, 0.15) is 5.82 Å². The van der Waals surface area contributed by atoms with Gasteiger partial charge >= 0.3 is 0 Å². The molecule has 0 spiro atoms. The zero-order chi connectivity index (χ0) is 28.7. The standard InChI is InChI=1S/C30H38FN3O5/c1-18(2)21-7-5-20(6-8-21)17-32-30(39)29-28(19(3)4)26(14-13-24(35)15-25(36)16-27(37)38)34(33-29)23-11-9-22(31)10-12-23/h5-12,18-19,24-25,35-36H,13-17H2,1-4H3,(H,32,39)(H,37,38)/p-1/t24-,25-/m1/s1. The molecule has 1 heterocycles. The normalized spacial score (nSPS) is 13.1. The Bertz CT molecular complexity index is 1250. The molecule has 1 aromatic heterocycles. The fourth-order valence-electron chi connectivity index (χ4n) is 4.57. The minimum atomic E-state index is -1.39. The highest BCUT2D eigenvalue weighted by Gasteiger charge is 2.26. The Labute approximate surface area is 228 Å². The van der Waals surface area contributed by atoms with E-state index < -0.39 is 30.4 Å². The number of carbonyl (C=O) groups excluding carboxylic acids is 2. The second-order valence-electron chi connectivity index (χ2n) is 10.5. The van der Waals surface area contributed by atoms with E-state index in [0.717, 1.165) is 5.56 Å². The molecule has 0 aliphatic rings. The van der Waals surface area contributed by atoms with Crippen molar-refractivity contribution in [3.05, 3.63) is 82.4 Å². The highest BCUT2D eigenvalue weighted by atomic mass is 19.1. The van der Waals surface area contributed by atoms with Gasteiger partial charge in [0.15, 0.2) is 5.69 Å². The van der Waals surface area contributed by atoms with E-state index in [9.17, 15) is 29.3 Å². The van der Waals surface area contributed by atoms with Gasteiger partial charge in [-0.15, -0.1) is 0 Å². The second-order valence-corrected chi connectivity index (χ2v) is 10.5. The van der Waals surface area contributed by atoms with Crippen LogP contribution in [0.15, 0.2) is 48.5 Å². The number of rotatable bonds is 13. The summed E-state index contributed by atoms with van der Waals surface area (Å²) >= 11 is 0. The average Bonchev–Trinajstić information content (AvgIpc) is 3.26. The van der Waals surface area contributed by atoms with Crippen molar-refractivity contribution in [2.45, 2.75) is 84.0 Å². The third kappa shape index (κ3) is 8.21. The van der Waals surface area contributed by atoms with Gasteiger partial charge in [0.2, 0.25) is 0 Å². The van der Waals surface area contributed by atoms with Crippen LogP contribution in [0.2, 0.25) is 0 Å². The van der Waals surface area contributed by atoms with Crippen LogP contribution in [0.4, 0.5) is 4.39 Å². The number of carbonyl (C=O) groups is 2. The number of aliphatic carboxylic acids is 1. The minimum Gasteiger partial charge on any atom is -0.550 e. The molecule has 0 fully saturated rings. The Morgan fingerprint density at radius 3 is 2.18 bits per heavy atom. The molecule has 0 aliphatic heterocycles. The zero-order valence-corrected chi connectivity index (χ0v) is 22.9. The van der Waals surface area contributed by atoms with Crippen LogP contribution in [0.1, 0.15) is 91.7 Å². The lowest BCUT2D eigenvalue weighted by Gasteiger charge is -2.17. The van der Waals surface area contributed by atoms with Crippen molar-refractivity contribution in [3.8, 4) is 5.69 Å². The molecule has 9 heteroatoms. The van der Waals surface area contributed by atoms with Gasteiger partial charge in [-0.3, -0.25) is 4.79 Å². The van der Waals surface area contributed by atoms with Gasteiger partial charge in [-0.1, -0.05) is 52.0 Å². The van der Waals surface area contributed by atoms with Gasteiger partial charge in [-0.05, 0) is 66.5 Å². The van der Waals surface area contributed by atoms with E-state index in [-0.39, 0.29) is 30.4 Å². The van der Waals surface area contributed by atoms with Crippen molar-refractivity contribution >= 4 is 11.9 Å². The van der Waals surface area contributed by atoms with Crippen molar-refractivity contribution in [2.24, 2.45) is 0 Å². The topological polar surface area (TPSA) is 128 Å². The summed E-state index contributed by atoms with van der Waals surface area (Å²) in [6.07, 6.45) is -2.42.